The molecule has 5 nitrogen and oxygen atoms in total. The van der Waals surface area contributed by atoms with Crippen molar-refractivity contribution in [1.82, 2.24) is 0 Å². The first kappa shape index (κ1) is 25.5. The van der Waals surface area contributed by atoms with Gasteiger partial charge in [0.05, 0.1) is 11.6 Å². The third kappa shape index (κ3) is 4.88. The van der Waals surface area contributed by atoms with E-state index in [0.29, 0.717) is 29.8 Å². The van der Waals surface area contributed by atoms with E-state index in [4.69, 9.17) is 4.99 Å². The average Bonchev–Trinajstić information content (AvgIpc) is 2.90. The Morgan fingerprint density at radius 2 is 1.66 bits per heavy atom. The van der Waals surface area contributed by atoms with Crippen LogP contribution < -0.4 is 10.2 Å². The molecule has 0 saturated carbocycles. The summed E-state index contributed by atoms with van der Waals surface area (Å²) in [5, 5.41) is 2.61. The van der Waals surface area contributed by atoms with Crippen LogP contribution in [-0.4, -0.2) is 31.5 Å². The third-order valence-corrected chi connectivity index (χ3v) is 7.40. The molecule has 0 bridgehead atoms. The molecule has 0 aromatic heterocycles. The summed E-state index contributed by atoms with van der Waals surface area (Å²) in [4.78, 5) is 34.1. The van der Waals surface area contributed by atoms with Crippen LogP contribution in [0, 0.1) is 17.6 Å². The Kier molecular flexibility index (Phi) is 6.93. The van der Waals surface area contributed by atoms with Gasteiger partial charge in [0.25, 0.3) is 0 Å². The smallest absolute Gasteiger partial charge is 0.234 e. The standard InChI is InChI=1S/C31H29F2N3O2/c1-18-28(31(38)35-25-14-11-22(32)17-24(25)33)29(20-9-12-23(13-10-20)36(2)3)30-26(34-18)15-21(16-27(30)37)19-7-5-4-6-8-19/h4-14,17,21,28-29H,15-16H2,1-3H3,(H,35,38)/t21-,28?,29-/m0/s1. The minimum Gasteiger partial charge on any atom is -0.378 e. The highest BCUT2D eigenvalue weighted by Crippen LogP contribution is 2.47. The monoisotopic (exact) mass is 513 g/mol. The van der Waals surface area contributed by atoms with E-state index in [1.165, 1.54) is 6.07 Å². The van der Waals surface area contributed by atoms with Gasteiger partial charge in [0.2, 0.25) is 5.91 Å². The van der Waals surface area contributed by atoms with E-state index in [-0.39, 0.29) is 17.4 Å². The number of rotatable bonds is 5. The van der Waals surface area contributed by atoms with Crippen molar-refractivity contribution in [2.45, 2.75) is 31.6 Å². The predicted molar refractivity (Wildman–Crippen MR) is 146 cm³/mol. The molecule has 194 valence electrons. The minimum atomic E-state index is -0.866. The highest BCUT2D eigenvalue weighted by molar-refractivity contribution is 6.13. The number of hydrogen-bond donors (Lipinski definition) is 1. The van der Waals surface area contributed by atoms with Crippen LogP contribution in [0.1, 0.15) is 42.7 Å². The van der Waals surface area contributed by atoms with Gasteiger partial charge in [-0.3, -0.25) is 14.6 Å². The fourth-order valence-corrected chi connectivity index (χ4v) is 5.50. The molecule has 1 heterocycles. The van der Waals surface area contributed by atoms with Gasteiger partial charge in [-0.25, -0.2) is 8.78 Å². The summed E-state index contributed by atoms with van der Waals surface area (Å²) in [7, 11) is 3.88. The van der Waals surface area contributed by atoms with Gasteiger partial charge in [-0.05, 0) is 54.7 Å². The second-order valence-corrected chi connectivity index (χ2v) is 10.1. The van der Waals surface area contributed by atoms with Crippen LogP contribution in [-0.2, 0) is 9.59 Å². The lowest BCUT2D eigenvalue weighted by atomic mass is 9.69. The molecule has 3 aromatic carbocycles. The Morgan fingerprint density at radius 1 is 0.947 bits per heavy atom. The Balaban J connectivity index is 1.56. The van der Waals surface area contributed by atoms with Crippen molar-refractivity contribution in [3.63, 3.8) is 0 Å². The van der Waals surface area contributed by atoms with Crippen molar-refractivity contribution in [3.05, 3.63) is 107 Å². The van der Waals surface area contributed by atoms with Crippen LogP contribution in [0.2, 0.25) is 0 Å². The second-order valence-electron chi connectivity index (χ2n) is 10.1. The van der Waals surface area contributed by atoms with E-state index in [0.717, 1.165) is 28.9 Å². The highest BCUT2D eigenvalue weighted by Gasteiger charge is 2.44. The number of carbonyl (C=O) groups is 2. The molecule has 1 aliphatic carbocycles. The van der Waals surface area contributed by atoms with Crippen molar-refractivity contribution in [3.8, 4) is 0 Å². The molecule has 7 heteroatoms. The number of aliphatic imine (C=N–C) groups is 1. The molecule has 1 unspecified atom stereocenters. The van der Waals surface area contributed by atoms with Gasteiger partial charge in [-0.1, -0.05) is 42.5 Å². The molecule has 3 aromatic rings. The lowest BCUT2D eigenvalue weighted by Gasteiger charge is -2.37. The second kappa shape index (κ2) is 10.3. The Bertz CT molecular complexity index is 1450. The molecule has 2 aliphatic rings. The Hall–Kier alpha value is -4.13. The molecule has 0 fully saturated rings. The number of Topliss-reactive ketones (excluding diaryl/α,β-unsaturated/α-hetero) is 1. The first-order valence-electron chi connectivity index (χ1n) is 12.6. The molecule has 1 amide bonds. The van der Waals surface area contributed by atoms with Crippen LogP contribution in [0.3, 0.4) is 0 Å². The summed E-state index contributed by atoms with van der Waals surface area (Å²) in [6, 6.07) is 20.7. The minimum absolute atomic E-state index is 0.00875. The summed E-state index contributed by atoms with van der Waals surface area (Å²) in [6.45, 7) is 1.77. The molecular weight excluding hydrogens is 484 g/mol. The zero-order valence-corrected chi connectivity index (χ0v) is 21.5. The van der Waals surface area contributed by atoms with Gasteiger partial charge in [-0.15, -0.1) is 0 Å². The average molecular weight is 514 g/mol. The number of hydrogen-bond acceptors (Lipinski definition) is 4. The van der Waals surface area contributed by atoms with Crippen LogP contribution >= 0.6 is 0 Å². The van der Waals surface area contributed by atoms with Gasteiger partial charge in [0.1, 0.15) is 11.6 Å². The molecule has 38 heavy (non-hydrogen) atoms. The molecule has 1 N–H and O–H groups in total. The quantitative estimate of drug-likeness (QED) is 0.439. The van der Waals surface area contributed by atoms with E-state index >= 15 is 0 Å². The highest BCUT2D eigenvalue weighted by atomic mass is 19.1. The van der Waals surface area contributed by atoms with Crippen molar-refractivity contribution < 1.29 is 18.4 Å². The van der Waals surface area contributed by atoms with Gasteiger partial charge < -0.3 is 10.2 Å². The lowest BCUT2D eigenvalue weighted by molar-refractivity contribution is -0.119. The predicted octanol–water partition coefficient (Wildman–Crippen LogP) is 6.24. The zero-order chi connectivity index (χ0) is 27.0. The molecule has 0 saturated heterocycles. The molecule has 5 rings (SSSR count). The number of amides is 1. The van der Waals surface area contributed by atoms with Crippen LogP contribution in [0.15, 0.2) is 89.1 Å². The topological polar surface area (TPSA) is 61.8 Å². The number of nitrogens with zero attached hydrogens (tertiary/aromatic N) is 2. The number of halogens is 2. The first-order valence-corrected chi connectivity index (χ1v) is 12.6. The van der Waals surface area contributed by atoms with Crippen LogP contribution in [0.5, 0.6) is 0 Å². The van der Waals surface area contributed by atoms with Crippen LogP contribution in [0.4, 0.5) is 20.2 Å². The number of allylic oxidation sites excluding steroid dienone is 2. The summed E-state index contributed by atoms with van der Waals surface area (Å²) in [5.41, 5.74) is 4.54. The number of anilines is 2. The van der Waals surface area contributed by atoms with Gasteiger partial charge in [0, 0.05) is 55.2 Å². The van der Waals surface area contributed by atoms with Gasteiger partial charge in [0.15, 0.2) is 5.78 Å². The van der Waals surface area contributed by atoms with E-state index in [9.17, 15) is 18.4 Å². The van der Waals surface area contributed by atoms with E-state index < -0.39 is 29.4 Å². The fourth-order valence-electron chi connectivity index (χ4n) is 5.50. The molecule has 0 spiro atoms. The van der Waals surface area contributed by atoms with Crippen molar-refractivity contribution in [1.29, 1.82) is 0 Å². The zero-order valence-electron chi connectivity index (χ0n) is 21.5. The summed E-state index contributed by atoms with van der Waals surface area (Å²) in [6.07, 6.45) is 0.917. The van der Waals surface area contributed by atoms with Crippen LogP contribution in [0.25, 0.3) is 0 Å². The number of nitrogens with one attached hydrogen (secondary N) is 1. The number of ketones is 1. The van der Waals surface area contributed by atoms with Gasteiger partial charge in [-0.2, -0.15) is 0 Å². The van der Waals surface area contributed by atoms with Crippen molar-refractivity contribution in [2.24, 2.45) is 10.9 Å². The van der Waals surface area contributed by atoms with E-state index in [1.807, 2.05) is 73.6 Å². The summed E-state index contributed by atoms with van der Waals surface area (Å²) >= 11 is 0. The maximum absolute atomic E-state index is 14.4. The maximum Gasteiger partial charge on any atom is 0.234 e. The first-order chi connectivity index (χ1) is 18.2. The molecule has 1 aliphatic heterocycles. The van der Waals surface area contributed by atoms with Crippen molar-refractivity contribution in [2.75, 3.05) is 24.3 Å². The Labute approximate surface area is 220 Å². The summed E-state index contributed by atoms with van der Waals surface area (Å²) in [5.74, 6) is -3.53. The summed E-state index contributed by atoms with van der Waals surface area (Å²) < 4.78 is 27.8. The van der Waals surface area contributed by atoms with E-state index in [2.05, 4.69) is 5.32 Å². The normalized spacial score (nSPS) is 21.0. The van der Waals surface area contributed by atoms with E-state index in [1.54, 1.807) is 6.92 Å². The van der Waals surface area contributed by atoms with Crippen molar-refractivity contribution >= 4 is 28.8 Å². The molecule has 0 radical (unpaired) electrons. The number of benzene rings is 3. The number of carbonyl (C=O) groups excluding carboxylic acids is 2. The lowest BCUT2D eigenvalue weighted by Crippen LogP contribution is -2.40. The fraction of sp³-hybridized carbons (Fsp3) is 0.258. The Morgan fingerprint density at radius 3 is 2.32 bits per heavy atom. The molecule has 3 atom stereocenters. The molecular formula is C31H29F2N3O2. The largest absolute Gasteiger partial charge is 0.378 e. The SMILES string of the molecule is CC1=NC2=C(C(=O)C[C@@H](c3ccccc3)C2)[C@@H](c2ccc(N(C)C)cc2)C1C(=O)Nc1ccc(F)cc1F. The third-order valence-electron chi connectivity index (χ3n) is 7.40. The maximum atomic E-state index is 14.4. The van der Waals surface area contributed by atoms with Gasteiger partial charge >= 0.3 is 0 Å².